The normalized spacial score (nSPS) is 24.5. The minimum atomic E-state index is -0.705. The van der Waals surface area contributed by atoms with Crippen molar-refractivity contribution in [2.45, 2.75) is 132 Å². The molecule has 330 valence electrons. The molecule has 0 radical (unpaired) electrons. The number of imidazole rings is 2. The Hall–Kier alpha value is -5.05. The van der Waals surface area contributed by atoms with Crippen molar-refractivity contribution in [2.24, 2.45) is 5.92 Å². The van der Waals surface area contributed by atoms with Crippen LogP contribution in [0, 0.1) is 5.92 Å². The van der Waals surface area contributed by atoms with E-state index in [-0.39, 0.29) is 53.1 Å². The van der Waals surface area contributed by atoms with E-state index in [1.165, 1.54) is 7.11 Å². The third-order valence-electron chi connectivity index (χ3n) is 14.2. The number of rotatable bonds is 15. The predicted molar refractivity (Wildman–Crippen MR) is 235 cm³/mol. The minimum absolute atomic E-state index is 0.0142. The highest BCUT2D eigenvalue weighted by molar-refractivity contribution is 5.86. The molecule has 5 fully saturated rings. The first-order valence-corrected chi connectivity index (χ1v) is 22.8. The van der Waals surface area contributed by atoms with Crippen LogP contribution in [0.2, 0.25) is 0 Å². The van der Waals surface area contributed by atoms with Gasteiger partial charge in [-0.25, -0.2) is 14.8 Å². The maximum absolute atomic E-state index is 14.2. The highest BCUT2D eigenvalue weighted by Gasteiger charge is 2.51. The highest BCUT2D eigenvalue weighted by atomic mass is 16.5. The van der Waals surface area contributed by atoms with Gasteiger partial charge in [0.2, 0.25) is 11.8 Å². The third kappa shape index (κ3) is 8.91. The molecule has 3 amide bonds. The highest BCUT2D eigenvalue weighted by Crippen LogP contribution is 2.49. The largest absolute Gasteiger partial charge is 0.453 e. The number of aromatic nitrogens is 4. The van der Waals surface area contributed by atoms with Crippen LogP contribution in [0.1, 0.15) is 115 Å². The molecule has 0 bridgehead atoms. The van der Waals surface area contributed by atoms with E-state index in [0.717, 1.165) is 116 Å². The van der Waals surface area contributed by atoms with Gasteiger partial charge in [0.15, 0.2) is 0 Å². The van der Waals surface area contributed by atoms with Crippen molar-refractivity contribution in [1.82, 2.24) is 40.4 Å². The smallest absolute Gasteiger partial charge is 0.407 e. The van der Waals surface area contributed by atoms with Crippen LogP contribution >= 0.6 is 0 Å². The first kappa shape index (κ1) is 42.3. The van der Waals surface area contributed by atoms with Crippen LogP contribution in [-0.4, -0.2) is 111 Å². The molecule has 14 heteroatoms. The van der Waals surface area contributed by atoms with Crippen LogP contribution in [-0.2, 0) is 23.8 Å². The van der Waals surface area contributed by atoms with Gasteiger partial charge in [-0.2, -0.15) is 0 Å². The van der Waals surface area contributed by atoms with Crippen LogP contribution in [0.5, 0.6) is 0 Å². The summed E-state index contributed by atoms with van der Waals surface area (Å²) in [5.41, 5.74) is 5.79. The molecule has 62 heavy (non-hydrogen) atoms. The number of amides is 3. The van der Waals surface area contributed by atoms with Gasteiger partial charge in [-0.15, -0.1) is 0 Å². The molecular formula is C48H62N8O6. The van der Waals surface area contributed by atoms with Gasteiger partial charge in [0, 0.05) is 49.3 Å². The summed E-state index contributed by atoms with van der Waals surface area (Å²) >= 11 is 0. The molecule has 3 aliphatic heterocycles. The monoisotopic (exact) mass is 846 g/mol. The van der Waals surface area contributed by atoms with E-state index in [9.17, 15) is 14.4 Å². The van der Waals surface area contributed by atoms with Crippen molar-refractivity contribution < 1.29 is 28.6 Å². The van der Waals surface area contributed by atoms with Gasteiger partial charge in [-0.05, 0) is 115 Å². The zero-order chi connectivity index (χ0) is 43.0. The van der Waals surface area contributed by atoms with Gasteiger partial charge in [0.25, 0.3) is 0 Å². The van der Waals surface area contributed by atoms with Crippen molar-refractivity contribution in [2.75, 3.05) is 33.9 Å². The zero-order valence-electron chi connectivity index (χ0n) is 36.6. The lowest BCUT2D eigenvalue weighted by Crippen LogP contribution is -2.53. The summed E-state index contributed by atoms with van der Waals surface area (Å²) < 4.78 is 16.9. The van der Waals surface area contributed by atoms with E-state index >= 15 is 0 Å². The molecule has 5 heterocycles. The lowest BCUT2D eigenvalue weighted by atomic mass is 9.86. The molecule has 9 rings (SSSR count). The minimum Gasteiger partial charge on any atom is -0.453 e. The lowest BCUT2D eigenvalue weighted by molar-refractivity contribution is -0.140. The zero-order valence-corrected chi connectivity index (χ0v) is 36.6. The van der Waals surface area contributed by atoms with Crippen molar-refractivity contribution in [1.29, 1.82) is 0 Å². The Bertz CT molecular complexity index is 2210. The molecule has 1 spiro atoms. The van der Waals surface area contributed by atoms with Crippen LogP contribution in [0.3, 0.4) is 0 Å². The summed E-state index contributed by atoms with van der Waals surface area (Å²) in [5, 5.41) is 6.16. The van der Waals surface area contributed by atoms with Gasteiger partial charge in [-0.1, -0.05) is 48.5 Å². The molecule has 6 atom stereocenters. The Morgan fingerprint density at radius 2 is 1.48 bits per heavy atom. The maximum Gasteiger partial charge on any atom is 0.407 e. The summed E-state index contributed by atoms with van der Waals surface area (Å²) in [5.74, 6) is 1.89. The number of ether oxygens (including phenoxy) is 3. The van der Waals surface area contributed by atoms with Gasteiger partial charge in [0.05, 0.1) is 47.8 Å². The van der Waals surface area contributed by atoms with Gasteiger partial charge < -0.3 is 44.6 Å². The summed E-state index contributed by atoms with van der Waals surface area (Å²) in [4.78, 5) is 61.0. The molecule has 3 saturated heterocycles. The number of likely N-dealkylation sites (tertiary alicyclic amines) is 2. The fourth-order valence-electron chi connectivity index (χ4n) is 10.1. The van der Waals surface area contributed by atoms with Crippen LogP contribution in [0.25, 0.3) is 33.6 Å². The van der Waals surface area contributed by atoms with Crippen LogP contribution < -0.4 is 10.6 Å². The van der Waals surface area contributed by atoms with Crippen molar-refractivity contribution in [3.8, 4) is 33.6 Å². The number of hydrogen-bond donors (Lipinski definition) is 4. The molecule has 14 nitrogen and oxygen atoms in total. The Kier molecular flexibility index (Phi) is 12.0. The third-order valence-corrected chi connectivity index (χ3v) is 14.2. The Morgan fingerprint density at radius 3 is 2.08 bits per heavy atom. The van der Waals surface area contributed by atoms with Gasteiger partial charge in [-0.3, -0.25) is 9.59 Å². The number of likely N-dealkylation sites (N-methyl/N-ethyl adjacent to an activating group) is 1. The first-order valence-electron chi connectivity index (χ1n) is 22.8. The van der Waals surface area contributed by atoms with E-state index in [4.69, 9.17) is 24.2 Å². The second-order valence-electron chi connectivity index (χ2n) is 18.6. The summed E-state index contributed by atoms with van der Waals surface area (Å²) in [6, 6.07) is 15.7. The van der Waals surface area contributed by atoms with E-state index in [1.807, 2.05) is 24.3 Å². The molecule has 2 aromatic heterocycles. The number of aromatic amines is 2. The van der Waals surface area contributed by atoms with Crippen molar-refractivity contribution in [3.05, 3.63) is 72.6 Å². The fourth-order valence-corrected chi connectivity index (χ4v) is 10.1. The number of H-pyrrole nitrogens is 2. The van der Waals surface area contributed by atoms with Crippen LogP contribution in [0.4, 0.5) is 4.79 Å². The summed E-state index contributed by atoms with van der Waals surface area (Å²) in [6.45, 7) is 6.13. The first-order chi connectivity index (χ1) is 30.1. The van der Waals surface area contributed by atoms with Gasteiger partial charge in [0.1, 0.15) is 17.7 Å². The average Bonchev–Trinajstić information content (AvgIpc) is 3.78. The number of carbonyl (C=O) groups is 3. The molecule has 4 aromatic rings. The molecule has 4 unspecified atom stereocenters. The molecule has 4 N–H and O–H groups in total. The standard InChI is InChI=1S/C48H62N8O6/c1-30-9-18-40(56(30)45(58)41(49-3)35-19-26-62-48(27-35)22-23-48)43-51-29-38(53-43)34-16-12-32(13-17-34)31-10-14-33(15-11-31)37-28-50-42(52-37)39-8-5-24-55(39)44(57)36(54-46(59)60-4)7-6-25-61-47(2)20-21-47/h10-17,28-30,35-36,39-41,49H,5-9,18-27H2,1-4H3,(H,50,52)(H,51,53)(H,54,59)/t30?,35?,36-,39-,40?,41?/m0/s1. The number of hydrogen-bond acceptors (Lipinski definition) is 9. The topological polar surface area (TPSA) is 167 Å². The number of alkyl carbamates (subject to hydrolysis) is 1. The molecule has 2 aliphatic carbocycles. The SMILES string of the molecule is CNC(C(=O)N1C(C)CCC1c1nc(-c2ccc(-c3ccc(-c4c[nH]c([C@@H]5CCCN5C(=O)[C@H](CCCOC5(C)CC5)NC(=O)OC)n4)cc3)cc2)c[nH]1)C1CCOC2(CC2)C1. The molecule has 2 saturated carbocycles. The summed E-state index contributed by atoms with van der Waals surface area (Å²) in [7, 11) is 3.23. The Labute approximate surface area is 364 Å². The number of benzene rings is 2. The van der Waals surface area contributed by atoms with Crippen molar-refractivity contribution >= 4 is 17.9 Å². The average molecular weight is 847 g/mol. The number of nitrogens with zero attached hydrogens (tertiary/aromatic N) is 4. The van der Waals surface area contributed by atoms with Crippen molar-refractivity contribution in [3.63, 3.8) is 0 Å². The van der Waals surface area contributed by atoms with E-state index < -0.39 is 12.1 Å². The molecular weight excluding hydrogens is 785 g/mol. The number of methoxy groups -OCH3 is 1. The van der Waals surface area contributed by atoms with E-state index in [1.54, 1.807) is 0 Å². The quantitative estimate of drug-likeness (QED) is 0.0888. The van der Waals surface area contributed by atoms with E-state index in [0.29, 0.717) is 26.0 Å². The number of carbonyl (C=O) groups excluding carboxylic acids is 3. The molecule has 2 aromatic carbocycles. The second kappa shape index (κ2) is 17.6. The lowest BCUT2D eigenvalue weighted by Gasteiger charge is -2.38. The predicted octanol–water partition coefficient (Wildman–Crippen LogP) is 7.47. The second-order valence-corrected chi connectivity index (χ2v) is 18.6. The molecule has 5 aliphatic rings. The number of nitrogens with one attached hydrogen (secondary N) is 4. The Morgan fingerprint density at radius 1 is 0.855 bits per heavy atom. The van der Waals surface area contributed by atoms with Crippen LogP contribution in [0.15, 0.2) is 60.9 Å². The summed E-state index contributed by atoms with van der Waals surface area (Å²) in [6.07, 6.45) is 14.0. The Balaban J connectivity index is 0.826. The van der Waals surface area contributed by atoms with E-state index in [2.05, 4.69) is 87.9 Å². The fraction of sp³-hybridized carbons (Fsp3) is 0.562. The maximum atomic E-state index is 14.2. The van der Waals surface area contributed by atoms with Gasteiger partial charge >= 0.3 is 6.09 Å².